The highest BCUT2D eigenvalue weighted by molar-refractivity contribution is 5.90. The molecule has 124 valence electrons. The van der Waals surface area contributed by atoms with Gasteiger partial charge >= 0.3 is 6.03 Å². The molecular formula is C13H22N4O5. The van der Waals surface area contributed by atoms with Gasteiger partial charge in [0, 0.05) is 24.2 Å². The summed E-state index contributed by atoms with van der Waals surface area (Å²) in [5.74, 6) is 0. The predicted octanol–water partition coefficient (Wildman–Crippen LogP) is 0.144. The zero-order chi connectivity index (χ0) is 17.0. The van der Waals surface area contributed by atoms with Gasteiger partial charge in [-0.2, -0.15) is 10.5 Å². The van der Waals surface area contributed by atoms with E-state index in [1.165, 1.54) is 12.1 Å². The van der Waals surface area contributed by atoms with Gasteiger partial charge in [-0.3, -0.25) is 0 Å². The molecule has 0 heterocycles. The van der Waals surface area contributed by atoms with Crippen molar-refractivity contribution in [2.24, 2.45) is 0 Å². The van der Waals surface area contributed by atoms with E-state index in [4.69, 9.17) is 10.4 Å². The molecule has 0 aliphatic heterocycles. The summed E-state index contributed by atoms with van der Waals surface area (Å²) in [4.78, 5) is 13.9. The molecule has 0 aromatic heterocycles. The molecule has 0 aliphatic rings. The van der Waals surface area contributed by atoms with Gasteiger partial charge in [0.05, 0.1) is 11.8 Å². The highest BCUT2D eigenvalue weighted by Gasteiger charge is 2.21. The molecule has 0 spiro atoms. The lowest BCUT2D eigenvalue weighted by Crippen LogP contribution is -3.00. The lowest BCUT2D eigenvalue weighted by molar-refractivity contribution is -0.996. The quantitative estimate of drug-likeness (QED) is 0.494. The van der Waals surface area contributed by atoms with Crippen molar-refractivity contribution in [1.82, 2.24) is 4.90 Å². The van der Waals surface area contributed by atoms with Crippen LogP contribution in [0.5, 0.6) is 0 Å². The van der Waals surface area contributed by atoms with Gasteiger partial charge in [0.25, 0.3) is 0 Å². The van der Waals surface area contributed by atoms with Crippen molar-refractivity contribution in [3.63, 3.8) is 0 Å². The van der Waals surface area contributed by atoms with E-state index in [1.807, 2.05) is 27.7 Å². The fraction of sp³-hybridized carbons (Fsp3) is 0.462. The molecule has 2 amide bonds. The lowest BCUT2D eigenvalue weighted by atomic mass is 10.2. The summed E-state index contributed by atoms with van der Waals surface area (Å²) in [5, 5.41) is 40.2. The molecule has 22 heavy (non-hydrogen) atoms. The monoisotopic (exact) mass is 314 g/mol. The van der Waals surface area contributed by atoms with Crippen molar-refractivity contribution in [2.75, 3.05) is 5.32 Å². The van der Waals surface area contributed by atoms with E-state index >= 15 is 0 Å². The minimum atomic E-state index is -1.26. The predicted molar refractivity (Wildman–Crippen MR) is 79.1 cm³/mol. The molecule has 9 heteroatoms. The summed E-state index contributed by atoms with van der Waals surface area (Å²) >= 11 is 0. The van der Waals surface area contributed by atoms with Gasteiger partial charge in [0.2, 0.25) is 0 Å². The van der Waals surface area contributed by atoms with E-state index < -0.39 is 16.5 Å². The number of hydrogen-bond donors (Lipinski definition) is 5. The first-order valence-corrected chi connectivity index (χ1v) is 6.84. The Morgan fingerprint density at radius 2 is 1.45 bits per heavy atom. The van der Waals surface area contributed by atoms with Crippen LogP contribution in [0, 0.1) is 10.4 Å². The summed E-state index contributed by atoms with van der Waals surface area (Å²) in [6.07, 6.45) is 0. The third kappa shape index (κ3) is 4.63. The molecule has 1 rings (SSSR count). The first-order valence-electron chi connectivity index (χ1n) is 6.84. The van der Waals surface area contributed by atoms with Crippen molar-refractivity contribution in [2.45, 2.75) is 39.8 Å². The Balaban J connectivity index is 3.08. The summed E-state index contributed by atoms with van der Waals surface area (Å²) < 4.78 is 0. The maximum atomic E-state index is 12.3. The van der Waals surface area contributed by atoms with Crippen LogP contribution in [0.15, 0.2) is 18.2 Å². The highest BCUT2D eigenvalue weighted by atomic mass is 16.8. The number of carbonyl (C=O) groups excluding carboxylic acids is 1. The van der Waals surface area contributed by atoms with Crippen LogP contribution in [0.1, 0.15) is 27.7 Å². The zero-order valence-corrected chi connectivity index (χ0v) is 13.0. The van der Waals surface area contributed by atoms with Crippen LogP contribution in [-0.4, -0.2) is 33.4 Å². The molecule has 2 unspecified atom stereocenters. The average Bonchev–Trinajstić information content (AvgIpc) is 2.36. The largest absolute Gasteiger partial charge is 0.595 e. The van der Waals surface area contributed by atoms with Crippen LogP contribution in [0.25, 0.3) is 0 Å². The van der Waals surface area contributed by atoms with Gasteiger partial charge in [-0.25, -0.2) is 15.2 Å². The molecule has 0 fully saturated rings. The van der Waals surface area contributed by atoms with E-state index in [0.29, 0.717) is 0 Å². The Bertz CT molecular complexity index is 485. The fourth-order valence-electron chi connectivity index (χ4n) is 2.20. The van der Waals surface area contributed by atoms with Crippen LogP contribution >= 0.6 is 0 Å². The lowest BCUT2D eigenvalue weighted by Gasteiger charge is -2.30. The summed E-state index contributed by atoms with van der Waals surface area (Å²) in [6.45, 7) is 7.43. The van der Waals surface area contributed by atoms with E-state index in [2.05, 4.69) is 5.32 Å². The smallest absolute Gasteiger partial charge is 0.322 e. The van der Waals surface area contributed by atoms with Crippen LogP contribution in [0.2, 0.25) is 0 Å². The van der Waals surface area contributed by atoms with Crippen molar-refractivity contribution < 1.29 is 25.7 Å². The van der Waals surface area contributed by atoms with Gasteiger partial charge in [0.15, 0.2) is 11.4 Å². The Labute approximate surface area is 128 Å². The molecule has 2 atom stereocenters. The number of hydrogen-bond acceptors (Lipinski definition) is 5. The number of urea groups is 1. The molecule has 9 nitrogen and oxygen atoms in total. The SMILES string of the molecule is CC(C)N(C(=O)Nc1cc([NH+]([O-])O)cc([NH+]([O-])O)c1)C(C)C. The maximum Gasteiger partial charge on any atom is 0.322 e. The topological polar surface area (TPSA) is 128 Å². The normalized spacial score (nSPS) is 14.1. The average molecular weight is 314 g/mol. The number of carbonyl (C=O) groups is 1. The van der Waals surface area contributed by atoms with Gasteiger partial charge in [-0.1, -0.05) is 0 Å². The van der Waals surface area contributed by atoms with E-state index in [9.17, 15) is 15.2 Å². The molecule has 0 saturated heterocycles. The highest BCUT2D eigenvalue weighted by Crippen LogP contribution is 2.19. The Kier molecular flexibility index (Phi) is 6.23. The second-order valence-electron chi connectivity index (χ2n) is 5.43. The first-order chi connectivity index (χ1) is 10.1. The molecule has 0 aliphatic carbocycles. The number of quaternary nitrogens is 2. The van der Waals surface area contributed by atoms with E-state index in [0.717, 1.165) is 6.07 Å². The first kappa shape index (κ1) is 18.3. The number of amides is 2. The molecule has 0 radical (unpaired) electrons. The minimum absolute atomic E-state index is 0.0541. The van der Waals surface area contributed by atoms with Gasteiger partial charge < -0.3 is 20.6 Å². The molecule has 0 bridgehead atoms. The Hall–Kier alpha value is -1.75. The Morgan fingerprint density at radius 1 is 1.05 bits per heavy atom. The molecule has 1 aromatic carbocycles. The maximum absolute atomic E-state index is 12.3. The van der Waals surface area contributed by atoms with E-state index in [-0.39, 0.29) is 29.1 Å². The van der Waals surface area contributed by atoms with Crippen LogP contribution in [0.3, 0.4) is 0 Å². The van der Waals surface area contributed by atoms with Gasteiger partial charge in [-0.15, -0.1) is 0 Å². The molecule has 5 N–H and O–H groups in total. The fourth-order valence-corrected chi connectivity index (χ4v) is 2.20. The second-order valence-corrected chi connectivity index (χ2v) is 5.43. The van der Waals surface area contributed by atoms with Gasteiger partial charge in [-0.05, 0) is 27.7 Å². The number of nitrogens with zero attached hydrogens (tertiary/aromatic N) is 1. The van der Waals surface area contributed by atoms with E-state index in [1.54, 1.807) is 4.90 Å². The zero-order valence-electron chi connectivity index (χ0n) is 13.0. The molecule has 1 aromatic rings. The van der Waals surface area contributed by atoms with Crippen LogP contribution in [0.4, 0.5) is 21.9 Å². The number of benzene rings is 1. The summed E-state index contributed by atoms with van der Waals surface area (Å²) in [7, 11) is 0. The second kappa shape index (κ2) is 7.49. The van der Waals surface area contributed by atoms with Crippen molar-refractivity contribution in [1.29, 1.82) is 0 Å². The number of nitrogens with one attached hydrogen (secondary N) is 3. The van der Waals surface area contributed by atoms with Crippen molar-refractivity contribution >= 4 is 23.1 Å². The molecular weight excluding hydrogens is 292 g/mol. The van der Waals surface area contributed by atoms with Crippen LogP contribution < -0.4 is 15.8 Å². The summed E-state index contributed by atoms with van der Waals surface area (Å²) in [6, 6.07) is 2.98. The number of anilines is 1. The minimum Gasteiger partial charge on any atom is -0.595 e. The summed E-state index contributed by atoms with van der Waals surface area (Å²) in [5.41, 5.74) is -0.264. The van der Waals surface area contributed by atoms with Gasteiger partial charge in [0.1, 0.15) is 0 Å². The third-order valence-electron chi connectivity index (χ3n) is 3.03. The standard InChI is InChI=1S/C13H22N4O5/c1-8(2)15(9(3)4)13(18)14-10-5-11(16(19)20)7-12(6-10)17(21)22/h5-9,16-17,19,21H,1-4H3,(H,14,18). The third-order valence-corrected chi connectivity index (χ3v) is 3.03. The van der Waals surface area contributed by atoms with Crippen LogP contribution in [-0.2, 0) is 0 Å². The number of rotatable bonds is 5. The van der Waals surface area contributed by atoms with Crippen molar-refractivity contribution in [3.05, 3.63) is 28.6 Å². The Morgan fingerprint density at radius 3 is 1.77 bits per heavy atom. The van der Waals surface area contributed by atoms with Crippen molar-refractivity contribution in [3.8, 4) is 0 Å². The molecule has 0 saturated carbocycles.